The standard InChI is InChI=1S/C14H15F2N3/c15-11-9-12(16)14(19-13(11)17)18-8-4-7-10-5-2-1-3-6-10/h1-3,5-6,9H,4,7-8H2,(H3,17,18,19). The van der Waals surface area contributed by atoms with Gasteiger partial charge in [-0.1, -0.05) is 30.3 Å². The molecule has 0 amide bonds. The Morgan fingerprint density at radius 3 is 2.58 bits per heavy atom. The summed E-state index contributed by atoms with van der Waals surface area (Å²) in [7, 11) is 0. The van der Waals surface area contributed by atoms with Crippen molar-refractivity contribution in [2.45, 2.75) is 12.8 Å². The third kappa shape index (κ3) is 3.64. The van der Waals surface area contributed by atoms with Crippen LogP contribution in [0.5, 0.6) is 0 Å². The highest BCUT2D eigenvalue weighted by Crippen LogP contribution is 2.16. The molecule has 2 rings (SSSR count). The highest BCUT2D eigenvalue weighted by molar-refractivity contribution is 5.44. The third-order valence-electron chi connectivity index (χ3n) is 2.73. The molecule has 0 saturated heterocycles. The number of halogens is 2. The van der Waals surface area contributed by atoms with E-state index in [4.69, 9.17) is 5.73 Å². The summed E-state index contributed by atoms with van der Waals surface area (Å²) in [5, 5.41) is 2.82. The summed E-state index contributed by atoms with van der Waals surface area (Å²) in [6.45, 7) is 0.546. The lowest BCUT2D eigenvalue weighted by molar-refractivity contribution is 0.579. The zero-order valence-corrected chi connectivity index (χ0v) is 10.4. The van der Waals surface area contributed by atoms with Crippen LogP contribution < -0.4 is 11.1 Å². The van der Waals surface area contributed by atoms with Gasteiger partial charge in [-0.05, 0) is 18.4 Å². The Bertz CT molecular complexity index is 544. The SMILES string of the molecule is Nc1nc(NCCCc2ccccc2)c(F)cc1F. The molecule has 1 aromatic carbocycles. The molecule has 0 aliphatic rings. The van der Waals surface area contributed by atoms with Gasteiger partial charge in [0.05, 0.1) is 0 Å². The lowest BCUT2D eigenvalue weighted by Crippen LogP contribution is -2.09. The molecule has 0 aliphatic heterocycles. The van der Waals surface area contributed by atoms with Crippen LogP contribution in [0.3, 0.4) is 0 Å². The van der Waals surface area contributed by atoms with Crippen molar-refractivity contribution in [1.82, 2.24) is 4.98 Å². The number of nitrogens with zero attached hydrogens (tertiary/aromatic N) is 1. The van der Waals surface area contributed by atoms with Crippen LogP contribution in [0, 0.1) is 11.6 Å². The summed E-state index contributed by atoms with van der Waals surface area (Å²) in [4.78, 5) is 3.63. The second kappa shape index (κ2) is 6.13. The van der Waals surface area contributed by atoms with Gasteiger partial charge in [0, 0.05) is 12.6 Å². The lowest BCUT2D eigenvalue weighted by Gasteiger charge is -2.07. The Kier molecular flexibility index (Phi) is 4.28. The first-order valence-electron chi connectivity index (χ1n) is 6.06. The molecule has 0 fully saturated rings. The third-order valence-corrected chi connectivity index (χ3v) is 2.73. The fourth-order valence-corrected chi connectivity index (χ4v) is 1.75. The van der Waals surface area contributed by atoms with Gasteiger partial charge in [0.25, 0.3) is 0 Å². The Labute approximate surface area is 110 Å². The van der Waals surface area contributed by atoms with Crippen molar-refractivity contribution in [2.75, 3.05) is 17.6 Å². The monoisotopic (exact) mass is 263 g/mol. The second-order valence-corrected chi connectivity index (χ2v) is 4.20. The van der Waals surface area contributed by atoms with Gasteiger partial charge < -0.3 is 11.1 Å². The van der Waals surface area contributed by atoms with E-state index in [1.807, 2.05) is 30.3 Å². The normalized spacial score (nSPS) is 10.4. The minimum absolute atomic E-state index is 0.00744. The first kappa shape index (κ1) is 13.3. The molecule has 0 aliphatic carbocycles. The summed E-state index contributed by atoms with van der Waals surface area (Å²) < 4.78 is 26.3. The van der Waals surface area contributed by atoms with Gasteiger partial charge in [0.15, 0.2) is 23.3 Å². The van der Waals surface area contributed by atoms with E-state index in [0.29, 0.717) is 6.54 Å². The molecule has 3 nitrogen and oxygen atoms in total. The molecule has 5 heteroatoms. The smallest absolute Gasteiger partial charge is 0.168 e. The van der Waals surface area contributed by atoms with Gasteiger partial charge in [-0.15, -0.1) is 0 Å². The number of aromatic nitrogens is 1. The summed E-state index contributed by atoms with van der Waals surface area (Å²) in [5.74, 6) is -1.88. The van der Waals surface area contributed by atoms with Crippen molar-refractivity contribution in [3.63, 3.8) is 0 Å². The van der Waals surface area contributed by atoms with Crippen LogP contribution in [-0.2, 0) is 6.42 Å². The molecule has 1 heterocycles. The zero-order chi connectivity index (χ0) is 13.7. The molecule has 0 bridgehead atoms. The number of nitrogens with two attached hydrogens (primary N) is 1. The molecule has 2 aromatic rings. The maximum atomic E-state index is 13.4. The van der Waals surface area contributed by atoms with Crippen LogP contribution in [0.4, 0.5) is 20.4 Å². The van der Waals surface area contributed by atoms with Gasteiger partial charge in [0.2, 0.25) is 0 Å². The topological polar surface area (TPSA) is 50.9 Å². The number of pyridine rings is 1. The fraction of sp³-hybridized carbons (Fsp3) is 0.214. The molecule has 0 saturated carbocycles. The lowest BCUT2D eigenvalue weighted by atomic mass is 10.1. The summed E-state index contributed by atoms with van der Waals surface area (Å²) in [6, 6.07) is 10.7. The Hall–Kier alpha value is -2.17. The van der Waals surface area contributed by atoms with Crippen molar-refractivity contribution in [2.24, 2.45) is 0 Å². The van der Waals surface area contributed by atoms with Crippen molar-refractivity contribution in [1.29, 1.82) is 0 Å². The number of anilines is 2. The highest BCUT2D eigenvalue weighted by atomic mass is 19.1. The first-order chi connectivity index (χ1) is 9.16. The van der Waals surface area contributed by atoms with Gasteiger partial charge in [-0.2, -0.15) is 0 Å². The fourth-order valence-electron chi connectivity index (χ4n) is 1.75. The molecule has 0 unspecified atom stereocenters. The maximum absolute atomic E-state index is 13.4. The quantitative estimate of drug-likeness (QED) is 0.815. The van der Waals surface area contributed by atoms with E-state index in [9.17, 15) is 8.78 Å². The molecule has 1 aromatic heterocycles. The Balaban J connectivity index is 1.85. The molecule has 0 radical (unpaired) electrons. The minimum Gasteiger partial charge on any atom is -0.381 e. The van der Waals surface area contributed by atoms with E-state index in [1.165, 1.54) is 5.56 Å². The van der Waals surface area contributed by atoms with Crippen molar-refractivity contribution in [3.8, 4) is 0 Å². The largest absolute Gasteiger partial charge is 0.381 e. The Morgan fingerprint density at radius 1 is 1.11 bits per heavy atom. The van der Waals surface area contributed by atoms with Crippen molar-refractivity contribution >= 4 is 11.6 Å². The van der Waals surface area contributed by atoms with E-state index in [0.717, 1.165) is 18.9 Å². The molecule has 3 N–H and O–H groups in total. The van der Waals surface area contributed by atoms with E-state index in [2.05, 4.69) is 10.3 Å². The second-order valence-electron chi connectivity index (χ2n) is 4.20. The van der Waals surface area contributed by atoms with Crippen molar-refractivity contribution < 1.29 is 8.78 Å². The number of nitrogen functional groups attached to an aromatic ring is 1. The van der Waals surface area contributed by atoms with Gasteiger partial charge in [-0.25, -0.2) is 13.8 Å². The van der Waals surface area contributed by atoms with E-state index in [-0.39, 0.29) is 11.6 Å². The molecular formula is C14H15F2N3. The first-order valence-corrected chi connectivity index (χ1v) is 6.06. The highest BCUT2D eigenvalue weighted by Gasteiger charge is 2.08. The van der Waals surface area contributed by atoms with E-state index < -0.39 is 11.6 Å². The van der Waals surface area contributed by atoms with Crippen LogP contribution in [0.25, 0.3) is 0 Å². The number of nitrogens with one attached hydrogen (secondary N) is 1. The number of benzene rings is 1. The number of aryl methyl sites for hydroxylation is 1. The molecule has 0 spiro atoms. The summed E-state index contributed by atoms with van der Waals surface area (Å²) in [5.41, 5.74) is 6.51. The van der Waals surface area contributed by atoms with Gasteiger partial charge in [0.1, 0.15) is 0 Å². The van der Waals surface area contributed by atoms with E-state index in [1.54, 1.807) is 0 Å². The predicted molar refractivity (Wildman–Crippen MR) is 71.8 cm³/mol. The van der Waals surface area contributed by atoms with E-state index >= 15 is 0 Å². The predicted octanol–water partition coefficient (Wildman–Crippen LogP) is 2.99. The van der Waals surface area contributed by atoms with Crippen LogP contribution >= 0.6 is 0 Å². The average Bonchev–Trinajstić information content (AvgIpc) is 2.41. The molecule has 19 heavy (non-hydrogen) atoms. The Morgan fingerprint density at radius 2 is 1.84 bits per heavy atom. The molecular weight excluding hydrogens is 248 g/mol. The average molecular weight is 263 g/mol. The van der Waals surface area contributed by atoms with Crippen LogP contribution in [0.1, 0.15) is 12.0 Å². The minimum atomic E-state index is -0.840. The number of hydrogen-bond acceptors (Lipinski definition) is 3. The summed E-state index contributed by atoms with van der Waals surface area (Å²) >= 11 is 0. The molecule has 0 atom stereocenters. The van der Waals surface area contributed by atoms with Gasteiger partial charge in [-0.3, -0.25) is 0 Å². The van der Waals surface area contributed by atoms with Crippen LogP contribution in [0.2, 0.25) is 0 Å². The van der Waals surface area contributed by atoms with Crippen LogP contribution in [-0.4, -0.2) is 11.5 Å². The number of rotatable bonds is 5. The summed E-state index contributed by atoms with van der Waals surface area (Å²) in [6.07, 6.45) is 1.70. The van der Waals surface area contributed by atoms with Gasteiger partial charge >= 0.3 is 0 Å². The molecule has 100 valence electrons. The zero-order valence-electron chi connectivity index (χ0n) is 10.4. The maximum Gasteiger partial charge on any atom is 0.168 e. The van der Waals surface area contributed by atoms with Crippen molar-refractivity contribution in [3.05, 3.63) is 53.6 Å². The van der Waals surface area contributed by atoms with Crippen LogP contribution in [0.15, 0.2) is 36.4 Å². The number of hydrogen-bond donors (Lipinski definition) is 2.